The van der Waals surface area contributed by atoms with E-state index >= 15 is 0 Å². The third-order valence-electron chi connectivity index (χ3n) is 2.69. The maximum absolute atomic E-state index is 13.3. The molecule has 0 aliphatic carbocycles. The van der Waals surface area contributed by atoms with Crippen molar-refractivity contribution in [2.45, 2.75) is 6.92 Å². The third-order valence-corrected chi connectivity index (χ3v) is 2.69. The van der Waals surface area contributed by atoms with Crippen molar-refractivity contribution in [2.75, 3.05) is 5.32 Å². The van der Waals surface area contributed by atoms with E-state index in [0.29, 0.717) is 0 Å². The molecule has 3 nitrogen and oxygen atoms in total. The Labute approximate surface area is 117 Å². The molecule has 0 bridgehead atoms. The second-order valence-corrected chi connectivity index (χ2v) is 4.32. The molecule has 2 amide bonds. The van der Waals surface area contributed by atoms with Crippen LogP contribution in [0.1, 0.15) is 11.1 Å². The molecule has 0 aliphatic rings. The van der Waals surface area contributed by atoms with Gasteiger partial charge in [0.15, 0.2) is 0 Å². The number of carbonyl (C=O) groups excluding carboxylic acids is 1. The molecule has 0 fully saturated rings. The first-order valence-corrected chi connectivity index (χ1v) is 6.20. The average Bonchev–Trinajstić information content (AvgIpc) is 2.44. The molecule has 0 unspecified atom stereocenters. The predicted molar refractivity (Wildman–Crippen MR) is 78.8 cm³/mol. The van der Waals surface area contributed by atoms with E-state index < -0.39 is 11.8 Å². The molecule has 102 valence electrons. The number of carbonyl (C=O) groups is 1. The SMILES string of the molecule is Cc1ccc(/C=C/NC(=O)Nc2ccccc2F)cc1. The zero-order valence-corrected chi connectivity index (χ0v) is 11.1. The van der Waals surface area contributed by atoms with Crippen molar-refractivity contribution in [3.05, 3.63) is 71.7 Å². The highest BCUT2D eigenvalue weighted by Gasteiger charge is 2.03. The molecule has 0 atom stereocenters. The van der Waals surface area contributed by atoms with Crippen molar-refractivity contribution in [2.24, 2.45) is 0 Å². The predicted octanol–water partition coefficient (Wildman–Crippen LogP) is 3.93. The molecular weight excluding hydrogens is 255 g/mol. The number of halogens is 1. The fourth-order valence-electron chi connectivity index (χ4n) is 1.61. The summed E-state index contributed by atoms with van der Waals surface area (Å²) in [5.74, 6) is -0.467. The van der Waals surface area contributed by atoms with Gasteiger partial charge in [-0.1, -0.05) is 42.0 Å². The van der Waals surface area contributed by atoms with Crippen LogP contribution >= 0.6 is 0 Å². The van der Waals surface area contributed by atoms with Gasteiger partial charge in [0.2, 0.25) is 0 Å². The normalized spacial score (nSPS) is 10.5. The highest BCUT2D eigenvalue weighted by atomic mass is 19.1. The number of nitrogens with one attached hydrogen (secondary N) is 2. The number of hydrogen-bond acceptors (Lipinski definition) is 1. The molecule has 0 aromatic heterocycles. The first kappa shape index (κ1) is 13.8. The van der Waals surface area contributed by atoms with E-state index in [0.717, 1.165) is 5.56 Å². The van der Waals surface area contributed by atoms with E-state index in [4.69, 9.17) is 0 Å². The van der Waals surface area contributed by atoms with Gasteiger partial charge in [-0.3, -0.25) is 0 Å². The number of amides is 2. The molecule has 4 heteroatoms. The number of urea groups is 1. The summed E-state index contributed by atoms with van der Waals surface area (Å²) in [6.45, 7) is 2.01. The smallest absolute Gasteiger partial charge is 0.314 e. The molecule has 0 saturated carbocycles. The van der Waals surface area contributed by atoms with Gasteiger partial charge in [-0.2, -0.15) is 0 Å². The average molecular weight is 270 g/mol. The Hall–Kier alpha value is -2.62. The summed E-state index contributed by atoms with van der Waals surface area (Å²) >= 11 is 0. The summed E-state index contributed by atoms with van der Waals surface area (Å²) in [4.78, 5) is 11.6. The lowest BCUT2D eigenvalue weighted by Gasteiger charge is -2.05. The van der Waals surface area contributed by atoms with E-state index in [1.807, 2.05) is 31.2 Å². The number of para-hydroxylation sites is 1. The molecule has 0 radical (unpaired) electrons. The Kier molecular flexibility index (Phi) is 4.50. The quantitative estimate of drug-likeness (QED) is 0.871. The Balaban J connectivity index is 1.89. The number of benzene rings is 2. The molecule has 2 aromatic carbocycles. The van der Waals surface area contributed by atoms with Gasteiger partial charge >= 0.3 is 6.03 Å². The van der Waals surface area contributed by atoms with Gasteiger partial charge in [0.25, 0.3) is 0 Å². The highest BCUT2D eigenvalue weighted by Crippen LogP contribution is 2.11. The first-order valence-electron chi connectivity index (χ1n) is 6.20. The highest BCUT2D eigenvalue weighted by molar-refractivity contribution is 5.90. The van der Waals surface area contributed by atoms with Crippen LogP contribution in [0.15, 0.2) is 54.7 Å². The maximum atomic E-state index is 13.3. The van der Waals surface area contributed by atoms with E-state index in [2.05, 4.69) is 10.6 Å². The van der Waals surface area contributed by atoms with E-state index in [1.165, 1.54) is 23.9 Å². The van der Waals surface area contributed by atoms with Crippen LogP contribution in [0, 0.1) is 12.7 Å². The summed E-state index contributed by atoms with van der Waals surface area (Å²) in [5.41, 5.74) is 2.29. The maximum Gasteiger partial charge on any atom is 0.323 e. The topological polar surface area (TPSA) is 41.1 Å². The Bertz CT molecular complexity index is 621. The molecule has 2 rings (SSSR count). The molecular formula is C16H15FN2O. The minimum absolute atomic E-state index is 0.147. The number of anilines is 1. The molecule has 0 saturated heterocycles. The Morgan fingerprint density at radius 1 is 1.10 bits per heavy atom. The van der Waals surface area contributed by atoms with Crippen molar-refractivity contribution in [3.8, 4) is 0 Å². The van der Waals surface area contributed by atoms with Gasteiger partial charge in [0.05, 0.1) is 5.69 Å². The molecule has 2 aromatic rings. The fraction of sp³-hybridized carbons (Fsp3) is 0.0625. The Morgan fingerprint density at radius 2 is 1.80 bits per heavy atom. The lowest BCUT2D eigenvalue weighted by atomic mass is 10.1. The lowest BCUT2D eigenvalue weighted by Crippen LogP contribution is -2.24. The van der Waals surface area contributed by atoms with Gasteiger partial charge in [-0.05, 0) is 30.7 Å². The second-order valence-electron chi connectivity index (χ2n) is 4.32. The van der Waals surface area contributed by atoms with Crippen LogP contribution in [0.2, 0.25) is 0 Å². The van der Waals surface area contributed by atoms with Crippen molar-refractivity contribution in [1.82, 2.24) is 5.32 Å². The lowest BCUT2D eigenvalue weighted by molar-refractivity contribution is 0.255. The van der Waals surface area contributed by atoms with Crippen molar-refractivity contribution < 1.29 is 9.18 Å². The van der Waals surface area contributed by atoms with Crippen LogP contribution in [-0.2, 0) is 0 Å². The van der Waals surface area contributed by atoms with Crippen LogP contribution in [0.5, 0.6) is 0 Å². The zero-order chi connectivity index (χ0) is 14.4. The minimum atomic E-state index is -0.488. The summed E-state index contributed by atoms with van der Waals surface area (Å²) in [7, 11) is 0. The summed E-state index contributed by atoms with van der Waals surface area (Å²) < 4.78 is 13.3. The first-order chi connectivity index (χ1) is 9.65. The molecule has 20 heavy (non-hydrogen) atoms. The molecule has 0 heterocycles. The third kappa shape index (κ3) is 3.95. The van der Waals surface area contributed by atoms with E-state index in [1.54, 1.807) is 18.2 Å². The van der Waals surface area contributed by atoms with E-state index in [9.17, 15) is 9.18 Å². The number of aryl methyl sites for hydroxylation is 1. The molecule has 0 spiro atoms. The van der Waals surface area contributed by atoms with Crippen molar-refractivity contribution in [3.63, 3.8) is 0 Å². The van der Waals surface area contributed by atoms with Crippen LogP contribution in [0.25, 0.3) is 6.08 Å². The standard InChI is InChI=1S/C16H15FN2O/c1-12-6-8-13(9-7-12)10-11-18-16(20)19-15-5-3-2-4-14(15)17/h2-11H,1H3,(H2,18,19,20)/b11-10+. The van der Waals surface area contributed by atoms with Crippen molar-refractivity contribution in [1.29, 1.82) is 0 Å². The van der Waals surface area contributed by atoms with Crippen LogP contribution < -0.4 is 10.6 Å². The van der Waals surface area contributed by atoms with Crippen LogP contribution in [0.4, 0.5) is 14.9 Å². The minimum Gasteiger partial charge on any atom is -0.314 e. The largest absolute Gasteiger partial charge is 0.323 e. The van der Waals surface area contributed by atoms with Gasteiger partial charge in [-0.15, -0.1) is 0 Å². The second kappa shape index (κ2) is 6.52. The monoisotopic (exact) mass is 270 g/mol. The molecule has 0 aliphatic heterocycles. The van der Waals surface area contributed by atoms with Gasteiger partial charge < -0.3 is 10.6 Å². The Morgan fingerprint density at radius 3 is 2.50 bits per heavy atom. The summed E-state index contributed by atoms with van der Waals surface area (Å²) in [6, 6.07) is 13.4. The summed E-state index contributed by atoms with van der Waals surface area (Å²) in [5, 5.41) is 4.95. The number of hydrogen-bond donors (Lipinski definition) is 2. The summed E-state index contributed by atoms with van der Waals surface area (Å²) in [6.07, 6.45) is 3.28. The van der Waals surface area contributed by atoms with Crippen LogP contribution in [-0.4, -0.2) is 6.03 Å². The van der Waals surface area contributed by atoms with Crippen molar-refractivity contribution >= 4 is 17.8 Å². The zero-order valence-electron chi connectivity index (χ0n) is 11.1. The van der Waals surface area contributed by atoms with Crippen LogP contribution in [0.3, 0.4) is 0 Å². The van der Waals surface area contributed by atoms with E-state index in [-0.39, 0.29) is 5.69 Å². The fourth-order valence-corrected chi connectivity index (χ4v) is 1.61. The molecule has 2 N–H and O–H groups in total. The van der Waals surface area contributed by atoms with Gasteiger partial charge in [0.1, 0.15) is 5.82 Å². The van der Waals surface area contributed by atoms with Gasteiger partial charge in [0, 0.05) is 6.20 Å². The van der Waals surface area contributed by atoms with Gasteiger partial charge in [-0.25, -0.2) is 9.18 Å². The number of rotatable bonds is 3.